The number of likely N-dealkylation sites (N-methyl/N-ethyl adjacent to an activating group) is 1. The van der Waals surface area contributed by atoms with Crippen molar-refractivity contribution in [1.29, 1.82) is 0 Å². The molecule has 0 heterocycles. The predicted octanol–water partition coefficient (Wildman–Crippen LogP) is 4.44. The first-order valence-corrected chi connectivity index (χ1v) is 7.45. The number of alkyl halides is 3. The molecule has 3 atom stereocenters. The summed E-state index contributed by atoms with van der Waals surface area (Å²) in [7, 11) is 1.89. The van der Waals surface area contributed by atoms with Gasteiger partial charge in [-0.3, -0.25) is 0 Å². The lowest BCUT2D eigenvalue weighted by molar-refractivity contribution is -0.186. The van der Waals surface area contributed by atoms with E-state index in [-0.39, 0.29) is 12.0 Å². The normalized spacial score (nSPS) is 30.8. The summed E-state index contributed by atoms with van der Waals surface area (Å²) in [5, 5.41) is 3.28. The Labute approximate surface area is 113 Å². The summed E-state index contributed by atoms with van der Waals surface area (Å²) in [6.07, 6.45) is 5.02. The Kier molecular flexibility index (Phi) is 4.93. The van der Waals surface area contributed by atoms with Crippen LogP contribution < -0.4 is 5.32 Å². The third kappa shape index (κ3) is 3.74. The van der Waals surface area contributed by atoms with Crippen LogP contribution >= 0.6 is 0 Å². The lowest BCUT2D eigenvalue weighted by atomic mass is 9.74. The zero-order valence-electron chi connectivity index (χ0n) is 11.6. The summed E-state index contributed by atoms with van der Waals surface area (Å²) >= 11 is 0. The van der Waals surface area contributed by atoms with E-state index in [1.807, 2.05) is 7.05 Å². The molecule has 0 aromatic rings. The summed E-state index contributed by atoms with van der Waals surface area (Å²) in [5.41, 5.74) is 1.35. The van der Waals surface area contributed by atoms with Crippen LogP contribution in [0.4, 0.5) is 13.2 Å². The molecule has 0 amide bonds. The van der Waals surface area contributed by atoms with Crippen molar-refractivity contribution < 1.29 is 13.2 Å². The molecular formula is C15H24F3N. The first kappa shape index (κ1) is 14.9. The lowest BCUT2D eigenvalue weighted by Crippen LogP contribution is -2.40. The number of hydrogen-bond donors (Lipinski definition) is 1. The van der Waals surface area contributed by atoms with Gasteiger partial charge in [0.2, 0.25) is 0 Å². The van der Waals surface area contributed by atoms with Crippen molar-refractivity contribution >= 4 is 0 Å². The topological polar surface area (TPSA) is 12.0 Å². The van der Waals surface area contributed by atoms with Crippen LogP contribution in [0.2, 0.25) is 0 Å². The number of hydrogen-bond acceptors (Lipinski definition) is 1. The minimum atomic E-state index is -4.02. The minimum Gasteiger partial charge on any atom is -0.313 e. The van der Waals surface area contributed by atoms with E-state index in [9.17, 15) is 13.2 Å². The number of allylic oxidation sites excluding steroid dienone is 1. The second-order valence-corrected chi connectivity index (χ2v) is 5.96. The van der Waals surface area contributed by atoms with E-state index in [0.29, 0.717) is 19.3 Å². The van der Waals surface area contributed by atoms with E-state index >= 15 is 0 Å². The molecule has 2 aliphatic carbocycles. The maximum atomic E-state index is 12.9. The van der Waals surface area contributed by atoms with E-state index < -0.39 is 12.1 Å². The van der Waals surface area contributed by atoms with Gasteiger partial charge in [-0.25, -0.2) is 0 Å². The zero-order valence-corrected chi connectivity index (χ0v) is 11.6. The van der Waals surface area contributed by atoms with Crippen LogP contribution in [0.15, 0.2) is 11.6 Å². The lowest BCUT2D eigenvalue weighted by Gasteiger charge is -2.37. The van der Waals surface area contributed by atoms with Gasteiger partial charge in [-0.2, -0.15) is 13.2 Å². The van der Waals surface area contributed by atoms with Gasteiger partial charge in [-0.05, 0) is 57.9 Å². The van der Waals surface area contributed by atoms with Crippen LogP contribution in [-0.2, 0) is 0 Å². The van der Waals surface area contributed by atoms with Gasteiger partial charge in [-0.1, -0.05) is 18.1 Å². The average molecular weight is 275 g/mol. The molecule has 3 unspecified atom stereocenters. The average Bonchev–Trinajstić information content (AvgIpc) is 2.40. The maximum absolute atomic E-state index is 12.9. The number of halogens is 3. The van der Waals surface area contributed by atoms with Gasteiger partial charge in [0.25, 0.3) is 0 Å². The third-order valence-electron chi connectivity index (χ3n) is 4.69. The SMILES string of the molecule is CNC(C1=CCCCC1)C1CCCC(C(F)(F)F)C1. The summed E-state index contributed by atoms with van der Waals surface area (Å²) < 4.78 is 38.7. The van der Waals surface area contributed by atoms with E-state index in [0.717, 1.165) is 19.3 Å². The van der Waals surface area contributed by atoms with Crippen LogP contribution in [0, 0.1) is 11.8 Å². The Morgan fingerprint density at radius 2 is 2.00 bits per heavy atom. The first-order chi connectivity index (χ1) is 9.02. The van der Waals surface area contributed by atoms with Crippen molar-refractivity contribution in [2.45, 2.75) is 63.6 Å². The second kappa shape index (κ2) is 6.29. The van der Waals surface area contributed by atoms with Crippen molar-refractivity contribution in [3.05, 3.63) is 11.6 Å². The summed E-state index contributed by atoms with van der Waals surface area (Å²) in [4.78, 5) is 0. The highest BCUT2D eigenvalue weighted by Crippen LogP contribution is 2.42. The Morgan fingerprint density at radius 1 is 1.21 bits per heavy atom. The van der Waals surface area contributed by atoms with Crippen LogP contribution in [0.25, 0.3) is 0 Å². The Bertz CT molecular complexity index is 322. The Morgan fingerprint density at radius 3 is 2.58 bits per heavy atom. The molecule has 1 N–H and O–H groups in total. The molecule has 110 valence electrons. The molecule has 0 aliphatic heterocycles. The van der Waals surface area contributed by atoms with E-state index in [1.54, 1.807) is 0 Å². The van der Waals surface area contributed by atoms with E-state index in [2.05, 4.69) is 11.4 Å². The molecule has 1 nitrogen and oxygen atoms in total. The number of rotatable bonds is 3. The van der Waals surface area contributed by atoms with Gasteiger partial charge in [0.05, 0.1) is 5.92 Å². The van der Waals surface area contributed by atoms with Crippen LogP contribution in [0.1, 0.15) is 51.4 Å². The molecule has 1 fully saturated rings. The van der Waals surface area contributed by atoms with Gasteiger partial charge in [-0.15, -0.1) is 0 Å². The fraction of sp³-hybridized carbons (Fsp3) is 0.867. The quantitative estimate of drug-likeness (QED) is 0.751. The zero-order chi connectivity index (χ0) is 13.9. The highest BCUT2D eigenvalue weighted by molar-refractivity contribution is 5.15. The van der Waals surface area contributed by atoms with Gasteiger partial charge in [0.15, 0.2) is 0 Å². The van der Waals surface area contributed by atoms with Crippen LogP contribution in [0.3, 0.4) is 0 Å². The van der Waals surface area contributed by atoms with Gasteiger partial charge in [0.1, 0.15) is 0 Å². The third-order valence-corrected chi connectivity index (χ3v) is 4.69. The Hall–Kier alpha value is -0.510. The Balaban J connectivity index is 2.04. The van der Waals surface area contributed by atoms with Crippen molar-refractivity contribution in [3.63, 3.8) is 0 Å². The molecule has 0 saturated heterocycles. The highest BCUT2D eigenvalue weighted by Gasteiger charge is 2.43. The fourth-order valence-corrected chi connectivity index (χ4v) is 3.70. The molecule has 0 radical (unpaired) electrons. The largest absolute Gasteiger partial charge is 0.391 e. The molecule has 2 aliphatic rings. The van der Waals surface area contributed by atoms with Crippen molar-refractivity contribution in [2.75, 3.05) is 7.05 Å². The molecule has 0 bridgehead atoms. The van der Waals surface area contributed by atoms with Crippen LogP contribution in [-0.4, -0.2) is 19.3 Å². The molecule has 0 spiro atoms. The molecule has 19 heavy (non-hydrogen) atoms. The van der Waals surface area contributed by atoms with Crippen LogP contribution in [0.5, 0.6) is 0 Å². The molecule has 1 saturated carbocycles. The number of nitrogens with one attached hydrogen (secondary N) is 1. The molecular weight excluding hydrogens is 251 g/mol. The summed E-state index contributed by atoms with van der Waals surface area (Å²) in [6, 6.07) is 0.158. The van der Waals surface area contributed by atoms with Crippen molar-refractivity contribution in [3.8, 4) is 0 Å². The van der Waals surface area contributed by atoms with Gasteiger partial charge in [0, 0.05) is 6.04 Å². The van der Waals surface area contributed by atoms with Crippen molar-refractivity contribution in [2.24, 2.45) is 11.8 Å². The monoisotopic (exact) mass is 275 g/mol. The molecule has 0 aromatic heterocycles. The van der Waals surface area contributed by atoms with Gasteiger partial charge >= 0.3 is 6.18 Å². The summed E-state index contributed by atoms with van der Waals surface area (Å²) in [6.45, 7) is 0. The predicted molar refractivity (Wildman–Crippen MR) is 70.9 cm³/mol. The highest BCUT2D eigenvalue weighted by atomic mass is 19.4. The standard InChI is InChI=1S/C15H24F3N/c1-19-14(11-6-3-2-4-7-11)12-8-5-9-13(10-12)15(16,17)18/h6,12-14,19H,2-5,7-10H2,1H3. The van der Waals surface area contributed by atoms with Crippen molar-refractivity contribution in [1.82, 2.24) is 5.32 Å². The maximum Gasteiger partial charge on any atom is 0.391 e. The van der Waals surface area contributed by atoms with E-state index in [1.165, 1.54) is 18.4 Å². The smallest absolute Gasteiger partial charge is 0.313 e. The fourth-order valence-electron chi connectivity index (χ4n) is 3.70. The second-order valence-electron chi connectivity index (χ2n) is 5.96. The summed E-state index contributed by atoms with van der Waals surface area (Å²) in [5.74, 6) is -0.944. The molecule has 0 aromatic carbocycles. The van der Waals surface area contributed by atoms with Gasteiger partial charge < -0.3 is 5.32 Å². The molecule has 2 rings (SSSR count). The van der Waals surface area contributed by atoms with E-state index in [4.69, 9.17) is 0 Å². The molecule has 4 heteroatoms. The minimum absolute atomic E-state index is 0.148. The first-order valence-electron chi connectivity index (χ1n) is 7.45.